The molecule has 16 heavy (non-hydrogen) atoms. The number of hydrogen-bond donors (Lipinski definition) is 1. The molecule has 0 radical (unpaired) electrons. The van der Waals surface area contributed by atoms with Gasteiger partial charge in [-0.3, -0.25) is 4.79 Å². The maximum atomic E-state index is 11.9. The van der Waals surface area contributed by atoms with Gasteiger partial charge in [0.05, 0.1) is 0 Å². The topological polar surface area (TPSA) is 32.3 Å². The van der Waals surface area contributed by atoms with Crippen molar-refractivity contribution < 1.29 is 4.79 Å². The van der Waals surface area contributed by atoms with E-state index in [-0.39, 0.29) is 0 Å². The van der Waals surface area contributed by atoms with Crippen LogP contribution < -0.4 is 5.32 Å². The van der Waals surface area contributed by atoms with E-state index < -0.39 is 0 Å². The highest BCUT2D eigenvalue weighted by molar-refractivity contribution is 5.76. The Morgan fingerprint density at radius 2 is 2.25 bits per heavy atom. The van der Waals surface area contributed by atoms with Crippen LogP contribution in [0.15, 0.2) is 0 Å². The summed E-state index contributed by atoms with van der Waals surface area (Å²) in [7, 11) is 1.92. The molecule has 1 fully saturated rings. The molecule has 1 aliphatic heterocycles. The first-order valence-corrected chi connectivity index (χ1v) is 6.62. The van der Waals surface area contributed by atoms with E-state index in [9.17, 15) is 4.79 Å². The number of nitrogens with zero attached hydrogens (tertiary/aromatic N) is 1. The maximum Gasteiger partial charge on any atom is 0.223 e. The van der Waals surface area contributed by atoms with E-state index >= 15 is 0 Å². The predicted octanol–water partition coefficient (Wildman–Crippen LogP) is 2.02. The first-order chi connectivity index (χ1) is 7.65. The Kier molecular flexibility index (Phi) is 5.81. The lowest BCUT2D eigenvalue weighted by Gasteiger charge is -2.31. The Hall–Kier alpha value is -0.570. The molecule has 0 saturated carbocycles. The van der Waals surface area contributed by atoms with E-state index in [1.165, 1.54) is 12.8 Å². The molecule has 1 saturated heterocycles. The predicted molar refractivity (Wildman–Crippen MR) is 67.4 cm³/mol. The normalized spacial score (nSPS) is 25.4. The van der Waals surface area contributed by atoms with Gasteiger partial charge in [0, 0.05) is 26.1 Å². The molecule has 0 aromatic carbocycles. The lowest BCUT2D eigenvalue weighted by molar-refractivity contribution is -0.130. The molecule has 1 heterocycles. The molecule has 3 nitrogen and oxygen atoms in total. The van der Waals surface area contributed by atoms with Gasteiger partial charge in [-0.1, -0.05) is 20.3 Å². The van der Waals surface area contributed by atoms with Crippen LogP contribution in [0.3, 0.4) is 0 Å². The molecule has 1 N–H and O–H groups in total. The lowest BCUT2D eigenvalue weighted by Crippen LogP contribution is -2.44. The van der Waals surface area contributed by atoms with Gasteiger partial charge in [0.15, 0.2) is 0 Å². The van der Waals surface area contributed by atoms with Crippen molar-refractivity contribution in [3.05, 3.63) is 0 Å². The summed E-state index contributed by atoms with van der Waals surface area (Å²) in [5.41, 5.74) is 0. The minimum atomic E-state index is 0.291. The molecule has 0 aliphatic carbocycles. The van der Waals surface area contributed by atoms with Crippen LogP contribution in [0.4, 0.5) is 0 Å². The summed E-state index contributed by atoms with van der Waals surface area (Å²) >= 11 is 0. The fourth-order valence-electron chi connectivity index (χ4n) is 2.25. The number of amides is 1. The number of piperidine rings is 1. The number of carbonyl (C=O) groups excluding carboxylic acids is 1. The molecular weight excluding hydrogens is 200 g/mol. The summed E-state index contributed by atoms with van der Waals surface area (Å²) in [5.74, 6) is 0.928. The first kappa shape index (κ1) is 13.5. The second-order valence-electron chi connectivity index (χ2n) is 5.05. The van der Waals surface area contributed by atoms with E-state index in [0.717, 1.165) is 25.9 Å². The monoisotopic (exact) mass is 226 g/mol. The zero-order valence-corrected chi connectivity index (χ0v) is 11.0. The van der Waals surface area contributed by atoms with Crippen molar-refractivity contribution in [1.29, 1.82) is 0 Å². The molecule has 1 rings (SSSR count). The molecule has 94 valence electrons. The van der Waals surface area contributed by atoms with E-state index in [1.807, 2.05) is 11.9 Å². The van der Waals surface area contributed by atoms with E-state index in [1.54, 1.807) is 0 Å². The van der Waals surface area contributed by atoms with Gasteiger partial charge in [-0.2, -0.15) is 0 Å². The summed E-state index contributed by atoms with van der Waals surface area (Å²) in [6, 6.07) is 0.394. The summed E-state index contributed by atoms with van der Waals surface area (Å²) in [4.78, 5) is 13.8. The minimum Gasteiger partial charge on any atom is -0.346 e. The fraction of sp³-hybridized carbons (Fsp3) is 0.923. The number of nitrogens with one attached hydrogen (secondary N) is 1. The second-order valence-corrected chi connectivity index (χ2v) is 5.05. The quantitative estimate of drug-likeness (QED) is 0.778. The fourth-order valence-corrected chi connectivity index (χ4v) is 2.25. The van der Waals surface area contributed by atoms with Gasteiger partial charge in [-0.15, -0.1) is 0 Å². The molecule has 1 aliphatic rings. The van der Waals surface area contributed by atoms with Crippen LogP contribution in [0, 0.1) is 5.92 Å². The smallest absolute Gasteiger partial charge is 0.223 e. The number of carbonyl (C=O) groups is 1. The largest absolute Gasteiger partial charge is 0.346 e. The van der Waals surface area contributed by atoms with Crippen molar-refractivity contribution in [2.45, 2.75) is 52.0 Å². The van der Waals surface area contributed by atoms with Crippen LogP contribution in [0.2, 0.25) is 0 Å². The molecule has 0 bridgehead atoms. The summed E-state index contributed by atoms with van der Waals surface area (Å²) in [5, 5.41) is 3.46. The number of unbranched alkanes of at least 4 members (excludes halogenated alkanes) is 1. The van der Waals surface area contributed by atoms with Crippen molar-refractivity contribution >= 4 is 5.91 Å². The van der Waals surface area contributed by atoms with Crippen molar-refractivity contribution in [1.82, 2.24) is 10.2 Å². The van der Waals surface area contributed by atoms with Gasteiger partial charge in [-0.25, -0.2) is 0 Å². The summed E-state index contributed by atoms with van der Waals surface area (Å²) < 4.78 is 0. The van der Waals surface area contributed by atoms with Crippen molar-refractivity contribution in [2.24, 2.45) is 5.92 Å². The van der Waals surface area contributed by atoms with Crippen molar-refractivity contribution in [3.63, 3.8) is 0 Å². The second kappa shape index (κ2) is 6.89. The van der Waals surface area contributed by atoms with E-state index in [2.05, 4.69) is 19.2 Å². The van der Waals surface area contributed by atoms with Crippen molar-refractivity contribution in [2.75, 3.05) is 20.1 Å². The highest BCUT2D eigenvalue weighted by atomic mass is 16.2. The van der Waals surface area contributed by atoms with E-state index in [4.69, 9.17) is 0 Å². The summed E-state index contributed by atoms with van der Waals surface area (Å²) in [6.07, 6.45) is 5.42. The van der Waals surface area contributed by atoms with Crippen LogP contribution in [-0.2, 0) is 4.79 Å². The summed E-state index contributed by atoms with van der Waals surface area (Å²) in [6.45, 7) is 6.37. The van der Waals surface area contributed by atoms with Crippen molar-refractivity contribution in [3.8, 4) is 0 Å². The first-order valence-electron chi connectivity index (χ1n) is 6.62. The van der Waals surface area contributed by atoms with Crippen LogP contribution in [-0.4, -0.2) is 37.0 Å². The van der Waals surface area contributed by atoms with Crippen LogP contribution in [0.5, 0.6) is 0 Å². The molecular formula is C13H26N2O. The van der Waals surface area contributed by atoms with E-state index in [0.29, 0.717) is 24.3 Å². The third kappa shape index (κ3) is 4.12. The SMILES string of the molecule is CCCCN(C)C(=O)CC1NCCCC1C. The van der Waals surface area contributed by atoms with Gasteiger partial charge in [0.2, 0.25) is 5.91 Å². The molecule has 2 unspecified atom stereocenters. The van der Waals surface area contributed by atoms with Crippen LogP contribution >= 0.6 is 0 Å². The third-order valence-electron chi connectivity index (χ3n) is 3.60. The van der Waals surface area contributed by atoms with Crippen LogP contribution in [0.1, 0.15) is 46.0 Å². The number of hydrogen-bond acceptors (Lipinski definition) is 2. The third-order valence-corrected chi connectivity index (χ3v) is 3.60. The Morgan fingerprint density at radius 1 is 1.50 bits per heavy atom. The zero-order valence-electron chi connectivity index (χ0n) is 11.0. The standard InChI is InChI=1S/C13H26N2O/c1-4-5-9-15(3)13(16)10-12-11(2)7-6-8-14-12/h11-12,14H,4-10H2,1-3H3. The Labute approximate surface area is 99.6 Å². The molecule has 3 heteroatoms. The number of rotatable bonds is 5. The van der Waals surface area contributed by atoms with Gasteiger partial charge < -0.3 is 10.2 Å². The Bertz CT molecular complexity index is 218. The Balaban J connectivity index is 2.31. The Morgan fingerprint density at radius 3 is 2.88 bits per heavy atom. The molecule has 0 aromatic rings. The van der Waals surface area contributed by atoms with Gasteiger partial charge in [0.25, 0.3) is 0 Å². The van der Waals surface area contributed by atoms with Gasteiger partial charge in [-0.05, 0) is 31.7 Å². The molecule has 0 aromatic heterocycles. The highest BCUT2D eigenvalue weighted by Crippen LogP contribution is 2.18. The molecule has 0 spiro atoms. The van der Waals surface area contributed by atoms with Crippen LogP contribution in [0.25, 0.3) is 0 Å². The molecule has 2 atom stereocenters. The lowest BCUT2D eigenvalue weighted by atomic mass is 9.90. The highest BCUT2D eigenvalue weighted by Gasteiger charge is 2.24. The van der Waals surface area contributed by atoms with Gasteiger partial charge >= 0.3 is 0 Å². The average molecular weight is 226 g/mol. The average Bonchev–Trinajstić information content (AvgIpc) is 2.28. The van der Waals surface area contributed by atoms with Gasteiger partial charge in [0.1, 0.15) is 0 Å². The minimum absolute atomic E-state index is 0.291. The zero-order chi connectivity index (χ0) is 12.0. The maximum absolute atomic E-state index is 11.9. The molecule has 1 amide bonds.